The Kier molecular flexibility index (Phi) is 4.14. The van der Waals surface area contributed by atoms with E-state index in [1.54, 1.807) is 0 Å². The maximum Gasteiger partial charge on any atom is 0.227 e. The molecule has 0 aliphatic heterocycles. The molecule has 1 aliphatic carbocycles. The van der Waals surface area contributed by atoms with Crippen LogP contribution in [0.4, 0.5) is 0 Å². The minimum absolute atomic E-state index is 0.0258. The van der Waals surface area contributed by atoms with Crippen LogP contribution in [0.3, 0.4) is 0 Å². The zero-order valence-electron chi connectivity index (χ0n) is 10.8. The molecule has 16 heavy (non-hydrogen) atoms. The molecule has 0 aromatic carbocycles. The Morgan fingerprint density at radius 1 is 1.50 bits per heavy atom. The summed E-state index contributed by atoms with van der Waals surface area (Å²) in [5.74, 6) is 0.554. The lowest BCUT2D eigenvalue weighted by atomic mass is 9.82. The molecular formula is C13H24N2O. The Bertz CT molecular complexity index is 278. The van der Waals surface area contributed by atoms with Gasteiger partial charge in [-0.3, -0.25) is 4.79 Å². The van der Waals surface area contributed by atoms with Gasteiger partial charge in [0, 0.05) is 12.6 Å². The first kappa shape index (κ1) is 13.2. The van der Waals surface area contributed by atoms with Crippen LogP contribution in [0.25, 0.3) is 0 Å². The summed E-state index contributed by atoms with van der Waals surface area (Å²) in [6, 6.07) is 0.0517. The fourth-order valence-electron chi connectivity index (χ4n) is 1.61. The van der Waals surface area contributed by atoms with Gasteiger partial charge in [0.2, 0.25) is 5.91 Å². The monoisotopic (exact) mass is 224 g/mol. The van der Waals surface area contributed by atoms with Crippen molar-refractivity contribution in [3.63, 3.8) is 0 Å². The maximum absolute atomic E-state index is 11.8. The van der Waals surface area contributed by atoms with Gasteiger partial charge in [0.1, 0.15) is 0 Å². The van der Waals surface area contributed by atoms with E-state index in [0.717, 1.165) is 13.0 Å². The standard InChI is InChI=1S/C13H24N2O/c1-9(13(2,3)4)8-15-12(16)10-5-6-11(14)7-10/h5-6,9-11H,7-8,14H2,1-4H3,(H,15,16). The third-order valence-electron chi connectivity index (χ3n) is 3.51. The predicted molar refractivity (Wildman–Crippen MR) is 66.9 cm³/mol. The summed E-state index contributed by atoms with van der Waals surface area (Å²) < 4.78 is 0. The minimum Gasteiger partial charge on any atom is -0.355 e. The minimum atomic E-state index is -0.0258. The third kappa shape index (κ3) is 3.63. The highest BCUT2D eigenvalue weighted by Gasteiger charge is 2.25. The van der Waals surface area contributed by atoms with Crippen LogP contribution >= 0.6 is 0 Å². The van der Waals surface area contributed by atoms with Gasteiger partial charge < -0.3 is 11.1 Å². The van der Waals surface area contributed by atoms with Crippen LogP contribution in [0.1, 0.15) is 34.1 Å². The van der Waals surface area contributed by atoms with Gasteiger partial charge in [0.15, 0.2) is 0 Å². The van der Waals surface area contributed by atoms with Crippen LogP contribution in [-0.4, -0.2) is 18.5 Å². The largest absolute Gasteiger partial charge is 0.355 e. The van der Waals surface area contributed by atoms with E-state index in [1.165, 1.54) is 0 Å². The van der Waals surface area contributed by atoms with Crippen LogP contribution in [0, 0.1) is 17.3 Å². The first-order valence-electron chi connectivity index (χ1n) is 6.02. The summed E-state index contributed by atoms with van der Waals surface area (Å²) in [7, 11) is 0. The number of amides is 1. The van der Waals surface area contributed by atoms with Crippen LogP contribution in [0.2, 0.25) is 0 Å². The molecule has 0 aromatic heterocycles. The zero-order chi connectivity index (χ0) is 12.3. The fraction of sp³-hybridized carbons (Fsp3) is 0.769. The van der Waals surface area contributed by atoms with E-state index in [2.05, 4.69) is 33.0 Å². The molecule has 3 N–H and O–H groups in total. The molecule has 0 radical (unpaired) electrons. The van der Waals surface area contributed by atoms with E-state index in [0.29, 0.717) is 5.92 Å². The molecule has 0 saturated carbocycles. The highest BCUT2D eigenvalue weighted by atomic mass is 16.1. The Hall–Kier alpha value is -0.830. The van der Waals surface area contributed by atoms with Crippen molar-refractivity contribution in [2.45, 2.75) is 40.2 Å². The number of nitrogens with one attached hydrogen (secondary N) is 1. The predicted octanol–water partition coefficient (Wildman–Crippen LogP) is 1.69. The zero-order valence-corrected chi connectivity index (χ0v) is 10.8. The molecule has 3 unspecified atom stereocenters. The van der Waals surface area contributed by atoms with Crippen LogP contribution in [0.15, 0.2) is 12.2 Å². The molecule has 1 amide bonds. The Morgan fingerprint density at radius 2 is 2.12 bits per heavy atom. The van der Waals surface area contributed by atoms with Crippen LogP contribution in [0.5, 0.6) is 0 Å². The molecular weight excluding hydrogens is 200 g/mol. The van der Waals surface area contributed by atoms with Gasteiger partial charge in [-0.05, 0) is 17.8 Å². The number of hydrogen-bond donors (Lipinski definition) is 2. The molecule has 0 saturated heterocycles. The van der Waals surface area contributed by atoms with Crippen molar-refractivity contribution in [1.29, 1.82) is 0 Å². The van der Waals surface area contributed by atoms with E-state index in [-0.39, 0.29) is 23.3 Å². The molecule has 3 atom stereocenters. The molecule has 92 valence electrons. The van der Waals surface area contributed by atoms with Crippen LogP contribution in [-0.2, 0) is 4.79 Å². The second kappa shape index (κ2) is 5.00. The third-order valence-corrected chi connectivity index (χ3v) is 3.51. The second-order valence-corrected chi connectivity index (χ2v) is 5.90. The topological polar surface area (TPSA) is 55.1 Å². The van der Waals surface area contributed by atoms with Crippen molar-refractivity contribution in [2.75, 3.05) is 6.54 Å². The van der Waals surface area contributed by atoms with E-state index in [9.17, 15) is 4.79 Å². The molecule has 1 rings (SSSR count). The van der Waals surface area contributed by atoms with Gasteiger partial charge >= 0.3 is 0 Å². The number of nitrogens with two attached hydrogens (primary N) is 1. The summed E-state index contributed by atoms with van der Waals surface area (Å²) in [5, 5.41) is 3.01. The first-order chi connectivity index (χ1) is 7.30. The molecule has 0 spiro atoms. The van der Waals surface area contributed by atoms with Crippen molar-refractivity contribution in [2.24, 2.45) is 23.0 Å². The molecule has 1 aliphatic rings. The van der Waals surface area contributed by atoms with Crippen molar-refractivity contribution >= 4 is 5.91 Å². The Labute approximate surface area is 98.5 Å². The van der Waals surface area contributed by atoms with Crippen molar-refractivity contribution in [1.82, 2.24) is 5.32 Å². The molecule has 0 fully saturated rings. The average molecular weight is 224 g/mol. The highest BCUT2D eigenvalue weighted by Crippen LogP contribution is 2.24. The summed E-state index contributed by atoms with van der Waals surface area (Å²) in [5.41, 5.74) is 5.95. The lowest BCUT2D eigenvalue weighted by Gasteiger charge is -2.27. The van der Waals surface area contributed by atoms with Gasteiger partial charge in [-0.25, -0.2) is 0 Å². The lowest BCUT2D eigenvalue weighted by molar-refractivity contribution is -0.123. The molecule has 0 heterocycles. The van der Waals surface area contributed by atoms with Gasteiger partial charge in [-0.2, -0.15) is 0 Å². The second-order valence-electron chi connectivity index (χ2n) is 5.90. The average Bonchev–Trinajstić information content (AvgIpc) is 2.59. The summed E-state index contributed by atoms with van der Waals surface area (Å²) in [6.07, 6.45) is 4.58. The van der Waals surface area contributed by atoms with Crippen molar-refractivity contribution in [3.8, 4) is 0 Å². The van der Waals surface area contributed by atoms with Crippen molar-refractivity contribution in [3.05, 3.63) is 12.2 Å². The Balaban J connectivity index is 2.34. The number of rotatable bonds is 3. The maximum atomic E-state index is 11.8. The fourth-order valence-corrected chi connectivity index (χ4v) is 1.61. The molecule has 3 nitrogen and oxygen atoms in total. The van der Waals surface area contributed by atoms with Gasteiger partial charge in [0.25, 0.3) is 0 Å². The van der Waals surface area contributed by atoms with E-state index >= 15 is 0 Å². The summed E-state index contributed by atoms with van der Waals surface area (Å²) in [4.78, 5) is 11.8. The van der Waals surface area contributed by atoms with Crippen molar-refractivity contribution < 1.29 is 4.79 Å². The lowest BCUT2D eigenvalue weighted by Crippen LogP contribution is -2.37. The van der Waals surface area contributed by atoms with Crippen LogP contribution < -0.4 is 11.1 Å². The normalized spacial score (nSPS) is 26.8. The number of carbonyl (C=O) groups excluding carboxylic acids is 1. The summed E-state index contributed by atoms with van der Waals surface area (Å²) in [6.45, 7) is 9.47. The molecule has 0 bridgehead atoms. The quantitative estimate of drug-likeness (QED) is 0.717. The first-order valence-corrected chi connectivity index (χ1v) is 6.02. The van der Waals surface area contributed by atoms with E-state index in [1.807, 2.05) is 12.2 Å². The van der Waals surface area contributed by atoms with Gasteiger partial charge in [0.05, 0.1) is 5.92 Å². The molecule has 0 aromatic rings. The van der Waals surface area contributed by atoms with Gasteiger partial charge in [-0.1, -0.05) is 39.8 Å². The SMILES string of the molecule is CC(CNC(=O)C1C=CC(N)C1)C(C)(C)C. The number of carbonyl (C=O) groups is 1. The highest BCUT2D eigenvalue weighted by molar-refractivity contribution is 5.81. The molecule has 3 heteroatoms. The van der Waals surface area contributed by atoms with E-state index < -0.39 is 0 Å². The van der Waals surface area contributed by atoms with E-state index in [4.69, 9.17) is 5.73 Å². The Morgan fingerprint density at radius 3 is 2.56 bits per heavy atom. The summed E-state index contributed by atoms with van der Waals surface area (Å²) >= 11 is 0. The smallest absolute Gasteiger partial charge is 0.227 e. The van der Waals surface area contributed by atoms with Gasteiger partial charge in [-0.15, -0.1) is 0 Å². The number of hydrogen-bond acceptors (Lipinski definition) is 2.